The van der Waals surface area contributed by atoms with Crippen LogP contribution in [0.1, 0.15) is 43.0 Å². The first-order valence-electron chi connectivity index (χ1n) is 3.96. The van der Waals surface area contributed by atoms with Gasteiger partial charge < -0.3 is 0 Å². The summed E-state index contributed by atoms with van der Waals surface area (Å²) >= 11 is 0. The summed E-state index contributed by atoms with van der Waals surface area (Å²) in [6, 6.07) is 0.255. The van der Waals surface area contributed by atoms with E-state index in [0.717, 1.165) is 5.69 Å². The van der Waals surface area contributed by atoms with Crippen LogP contribution < -0.4 is 0 Å². The van der Waals surface area contributed by atoms with E-state index in [4.69, 9.17) is 0 Å². The SMILES string of the molecule is CC(=O)c1nnn(C(C)C)c1C. The monoisotopic (exact) mass is 167 g/mol. The lowest BCUT2D eigenvalue weighted by Crippen LogP contribution is -2.05. The lowest BCUT2D eigenvalue weighted by atomic mass is 10.2. The summed E-state index contributed by atoms with van der Waals surface area (Å²) in [5.74, 6) is -0.0283. The second-order valence-corrected chi connectivity index (χ2v) is 3.12. The van der Waals surface area contributed by atoms with Gasteiger partial charge in [-0.1, -0.05) is 5.21 Å². The molecule has 1 aromatic heterocycles. The molecular formula is C8H13N3O. The number of carbonyl (C=O) groups excluding carboxylic acids is 1. The normalized spacial score (nSPS) is 10.8. The number of carbonyl (C=O) groups is 1. The van der Waals surface area contributed by atoms with Gasteiger partial charge in [0.2, 0.25) is 0 Å². The smallest absolute Gasteiger partial charge is 0.181 e. The van der Waals surface area contributed by atoms with E-state index in [1.54, 1.807) is 4.68 Å². The number of aromatic nitrogens is 3. The Labute approximate surface area is 71.6 Å². The van der Waals surface area contributed by atoms with Crippen molar-refractivity contribution < 1.29 is 4.79 Å². The topological polar surface area (TPSA) is 47.8 Å². The second kappa shape index (κ2) is 3.05. The second-order valence-electron chi connectivity index (χ2n) is 3.12. The third kappa shape index (κ3) is 1.37. The Morgan fingerprint density at radius 1 is 1.50 bits per heavy atom. The van der Waals surface area contributed by atoms with Crippen molar-refractivity contribution in [2.24, 2.45) is 0 Å². The van der Waals surface area contributed by atoms with Gasteiger partial charge in [-0.15, -0.1) is 5.10 Å². The number of hydrogen-bond acceptors (Lipinski definition) is 3. The van der Waals surface area contributed by atoms with Crippen LogP contribution in [0.2, 0.25) is 0 Å². The molecule has 0 saturated carbocycles. The van der Waals surface area contributed by atoms with E-state index < -0.39 is 0 Å². The Morgan fingerprint density at radius 3 is 2.33 bits per heavy atom. The third-order valence-corrected chi connectivity index (χ3v) is 1.75. The number of rotatable bonds is 2. The Morgan fingerprint density at radius 2 is 2.08 bits per heavy atom. The van der Waals surface area contributed by atoms with Crippen molar-refractivity contribution in [3.63, 3.8) is 0 Å². The molecule has 0 aliphatic carbocycles. The predicted octanol–water partition coefficient (Wildman–Crippen LogP) is 1.37. The highest BCUT2D eigenvalue weighted by Crippen LogP contribution is 2.09. The molecule has 0 spiro atoms. The van der Waals surface area contributed by atoms with Gasteiger partial charge in [0.1, 0.15) is 0 Å². The fourth-order valence-electron chi connectivity index (χ4n) is 1.16. The molecule has 0 N–H and O–H groups in total. The van der Waals surface area contributed by atoms with Crippen LogP contribution in [0.15, 0.2) is 0 Å². The fourth-order valence-corrected chi connectivity index (χ4v) is 1.16. The van der Waals surface area contributed by atoms with E-state index in [9.17, 15) is 4.79 Å². The maximum absolute atomic E-state index is 11.0. The first-order chi connectivity index (χ1) is 5.54. The molecule has 0 radical (unpaired) electrons. The first-order valence-corrected chi connectivity index (χ1v) is 3.96. The lowest BCUT2D eigenvalue weighted by Gasteiger charge is -2.05. The van der Waals surface area contributed by atoms with Gasteiger partial charge in [-0.25, -0.2) is 4.68 Å². The van der Waals surface area contributed by atoms with Gasteiger partial charge in [0.25, 0.3) is 0 Å². The molecule has 1 rings (SSSR count). The molecule has 0 bridgehead atoms. The fraction of sp³-hybridized carbons (Fsp3) is 0.625. The molecule has 0 aromatic carbocycles. The summed E-state index contributed by atoms with van der Waals surface area (Å²) in [4.78, 5) is 11.0. The minimum absolute atomic E-state index is 0.0283. The largest absolute Gasteiger partial charge is 0.293 e. The van der Waals surface area contributed by atoms with Crippen LogP contribution in [0.25, 0.3) is 0 Å². The number of ketones is 1. The van der Waals surface area contributed by atoms with Crippen molar-refractivity contribution in [3.05, 3.63) is 11.4 Å². The highest BCUT2D eigenvalue weighted by atomic mass is 16.1. The van der Waals surface area contributed by atoms with Crippen molar-refractivity contribution in [1.29, 1.82) is 0 Å². The molecule has 0 aliphatic rings. The average molecular weight is 167 g/mol. The molecule has 0 atom stereocenters. The molecule has 0 aliphatic heterocycles. The van der Waals surface area contributed by atoms with Gasteiger partial charge in [-0.2, -0.15) is 0 Å². The van der Waals surface area contributed by atoms with E-state index in [-0.39, 0.29) is 11.8 Å². The van der Waals surface area contributed by atoms with Gasteiger partial charge in [0, 0.05) is 13.0 Å². The Balaban J connectivity index is 3.13. The minimum Gasteiger partial charge on any atom is -0.293 e. The summed E-state index contributed by atoms with van der Waals surface area (Å²) in [5.41, 5.74) is 1.32. The summed E-state index contributed by atoms with van der Waals surface area (Å²) in [5, 5.41) is 7.68. The summed E-state index contributed by atoms with van der Waals surface area (Å²) in [7, 11) is 0. The van der Waals surface area contributed by atoms with Crippen LogP contribution in [0.4, 0.5) is 0 Å². The standard InChI is InChI=1S/C8H13N3O/c1-5(2)11-6(3)8(7(4)12)9-10-11/h5H,1-4H3. The summed E-state index contributed by atoms with van der Waals surface area (Å²) in [6.07, 6.45) is 0. The van der Waals surface area contributed by atoms with Crippen molar-refractivity contribution in [2.45, 2.75) is 33.7 Å². The van der Waals surface area contributed by atoms with Crippen LogP contribution in [-0.2, 0) is 0 Å². The molecule has 66 valence electrons. The molecule has 1 heterocycles. The van der Waals surface area contributed by atoms with Crippen LogP contribution in [0.3, 0.4) is 0 Å². The Kier molecular flexibility index (Phi) is 2.26. The molecule has 0 saturated heterocycles. The minimum atomic E-state index is -0.0283. The van der Waals surface area contributed by atoms with Gasteiger partial charge >= 0.3 is 0 Å². The molecule has 0 fully saturated rings. The van der Waals surface area contributed by atoms with E-state index >= 15 is 0 Å². The van der Waals surface area contributed by atoms with Gasteiger partial charge in [-0.3, -0.25) is 4.79 Å². The van der Waals surface area contributed by atoms with E-state index in [2.05, 4.69) is 10.3 Å². The average Bonchev–Trinajstić information content (AvgIpc) is 2.30. The zero-order valence-electron chi connectivity index (χ0n) is 7.83. The Bertz CT molecular complexity index is 301. The first kappa shape index (κ1) is 8.90. The summed E-state index contributed by atoms with van der Waals surface area (Å²) in [6.45, 7) is 7.37. The maximum Gasteiger partial charge on any atom is 0.181 e. The van der Waals surface area contributed by atoms with Gasteiger partial charge in [0.05, 0.1) is 5.69 Å². The number of hydrogen-bond donors (Lipinski definition) is 0. The van der Waals surface area contributed by atoms with Crippen molar-refractivity contribution in [2.75, 3.05) is 0 Å². The molecule has 0 amide bonds. The van der Waals surface area contributed by atoms with Crippen molar-refractivity contribution in [3.8, 4) is 0 Å². The van der Waals surface area contributed by atoms with Crippen molar-refractivity contribution >= 4 is 5.78 Å². The van der Waals surface area contributed by atoms with E-state index in [1.165, 1.54) is 6.92 Å². The molecule has 1 aromatic rings. The molecular weight excluding hydrogens is 154 g/mol. The highest BCUT2D eigenvalue weighted by molar-refractivity contribution is 5.92. The Hall–Kier alpha value is -1.19. The quantitative estimate of drug-likeness (QED) is 0.625. The lowest BCUT2D eigenvalue weighted by molar-refractivity contribution is 0.101. The third-order valence-electron chi connectivity index (χ3n) is 1.75. The van der Waals surface area contributed by atoms with Crippen LogP contribution >= 0.6 is 0 Å². The molecule has 4 nitrogen and oxygen atoms in total. The molecule has 12 heavy (non-hydrogen) atoms. The van der Waals surface area contributed by atoms with Crippen LogP contribution in [0.5, 0.6) is 0 Å². The van der Waals surface area contributed by atoms with Gasteiger partial charge in [0.15, 0.2) is 11.5 Å². The highest BCUT2D eigenvalue weighted by Gasteiger charge is 2.13. The van der Waals surface area contributed by atoms with E-state index in [0.29, 0.717) is 5.69 Å². The zero-order valence-corrected chi connectivity index (χ0v) is 7.83. The van der Waals surface area contributed by atoms with Crippen molar-refractivity contribution in [1.82, 2.24) is 15.0 Å². The summed E-state index contributed by atoms with van der Waals surface area (Å²) < 4.78 is 1.75. The van der Waals surface area contributed by atoms with Gasteiger partial charge in [-0.05, 0) is 20.8 Å². The van der Waals surface area contributed by atoms with E-state index in [1.807, 2.05) is 20.8 Å². The molecule has 0 unspecified atom stereocenters. The predicted molar refractivity (Wildman–Crippen MR) is 45.1 cm³/mol. The number of Topliss-reactive ketones (excluding diaryl/α,β-unsaturated/α-hetero) is 1. The van der Waals surface area contributed by atoms with Crippen LogP contribution in [-0.4, -0.2) is 20.8 Å². The van der Waals surface area contributed by atoms with Crippen LogP contribution in [0, 0.1) is 6.92 Å². The maximum atomic E-state index is 11.0. The zero-order chi connectivity index (χ0) is 9.30. The molecule has 4 heteroatoms. The number of nitrogens with zero attached hydrogens (tertiary/aromatic N) is 3.